The van der Waals surface area contributed by atoms with E-state index in [2.05, 4.69) is 21.2 Å². The van der Waals surface area contributed by atoms with Crippen LogP contribution >= 0.6 is 15.9 Å². The van der Waals surface area contributed by atoms with E-state index in [4.69, 9.17) is 5.11 Å². The lowest BCUT2D eigenvalue weighted by atomic mass is 9.96. The Kier molecular flexibility index (Phi) is 2.75. The van der Waals surface area contributed by atoms with E-state index in [-0.39, 0.29) is 5.82 Å². The molecule has 0 radical (unpaired) electrons. The van der Waals surface area contributed by atoms with Gasteiger partial charge in [-0.05, 0) is 39.5 Å². The maximum Gasteiger partial charge on any atom is 0.321 e. The summed E-state index contributed by atoms with van der Waals surface area (Å²) in [5, 5.41) is 11.7. The van der Waals surface area contributed by atoms with Gasteiger partial charge in [-0.3, -0.25) is 4.79 Å². The predicted molar refractivity (Wildman–Crippen MR) is 56.1 cm³/mol. The summed E-state index contributed by atoms with van der Waals surface area (Å²) in [6, 6.07) is 2.43. The number of benzene rings is 1. The van der Waals surface area contributed by atoms with Crippen LogP contribution in [-0.2, 0) is 17.8 Å². The number of rotatable bonds is 1. The monoisotopic (exact) mass is 273 g/mol. The van der Waals surface area contributed by atoms with E-state index in [1.54, 1.807) is 6.07 Å². The van der Waals surface area contributed by atoms with Crippen LogP contribution < -0.4 is 5.32 Å². The highest BCUT2D eigenvalue weighted by atomic mass is 79.9. The Morgan fingerprint density at radius 1 is 1.60 bits per heavy atom. The van der Waals surface area contributed by atoms with Gasteiger partial charge >= 0.3 is 5.97 Å². The molecule has 0 bridgehead atoms. The van der Waals surface area contributed by atoms with Gasteiger partial charge < -0.3 is 10.4 Å². The summed E-state index contributed by atoms with van der Waals surface area (Å²) in [4.78, 5) is 10.8. The van der Waals surface area contributed by atoms with Gasteiger partial charge in [0.2, 0.25) is 0 Å². The molecule has 1 aromatic rings. The van der Waals surface area contributed by atoms with Crippen LogP contribution in [0.15, 0.2) is 16.6 Å². The summed E-state index contributed by atoms with van der Waals surface area (Å²) in [6.07, 6.45) is 0.309. The highest BCUT2D eigenvalue weighted by Gasteiger charge is 2.25. The second-order valence-corrected chi connectivity index (χ2v) is 4.27. The van der Waals surface area contributed by atoms with E-state index in [9.17, 15) is 9.18 Å². The first-order valence-corrected chi connectivity index (χ1v) is 5.31. The number of carboxylic acids is 1. The quantitative estimate of drug-likeness (QED) is 0.819. The molecule has 15 heavy (non-hydrogen) atoms. The summed E-state index contributed by atoms with van der Waals surface area (Å²) < 4.78 is 13.6. The maximum atomic E-state index is 13.2. The molecule has 2 rings (SSSR count). The van der Waals surface area contributed by atoms with Crippen molar-refractivity contribution in [3.8, 4) is 0 Å². The van der Waals surface area contributed by atoms with Gasteiger partial charge in [0.25, 0.3) is 0 Å². The molecule has 0 amide bonds. The fraction of sp³-hybridized carbons (Fsp3) is 0.300. The lowest BCUT2D eigenvalue weighted by Crippen LogP contribution is -2.41. The minimum Gasteiger partial charge on any atom is -0.480 e. The molecule has 0 saturated carbocycles. The van der Waals surface area contributed by atoms with Crippen molar-refractivity contribution < 1.29 is 14.3 Å². The van der Waals surface area contributed by atoms with E-state index in [1.165, 1.54) is 6.07 Å². The third-order valence-corrected chi connectivity index (χ3v) is 3.40. The first-order valence-electron chi connectivity index (χ1n) is 4.51. The van der Waals surface area contributed by atoms with Crippen LogP contribution in [-0.4, -0.2) is 17.1 Å². The van der Waals surface area contributed by atoms with Crippen LogP contribution in [0.25, 0.3) is 0 Å². The Morgan fingerprint density at radius 2 is 2.33 bits per heavy atom. The zero-order valence-corrected chi connectivity index (χ0v) is 9.34. The Hall–Kier alpha value is -0.940. The average Bonchev–Trinajstić information content (AvgIpc) is 2.23. The standard InChI is InChI=1S/C10H9BrFNO2/c11-9-6-3-8(10(14)15)13-4-5(6)1-2-7(9)12/h1-2,8,13H,3-4H2,(H,14,15)/t8-/m1/s1. The normalized spacial score (nSPS) is 19.7. The minimum absolute atomic E-state index is 0.309. The van der Waals surface area contributed by atoms with E-state index in [1.807, 2.05) is 0 Å². The smallest absolute Gasteiger partial charge is 0.321 e. The van der Waals surface area contributed by atoms with Crippen LogP contribution in [0.3, 0.4) is 0 Å². The molecule has 1 aliphatic heterocycles. The fourth-order valence-corrected chi connectivity index (χ4v) is 2.25. The number of aliphatic carboxylic acids is 1. The van der Waals surface area contributed by atoms with Crippen molar-refractivity contribution in [1.29, 1.82) is 0 Å². The van der Waals surface area contributed by atoms with Crippen LogP contribution in [0.2, 0.25) is 0 Å². The van der Waals surface area contributed by atoms with E-state index in [0.29, 0.717) is 17.4 Å². The molecule has 0 aliphatic carbocycles. The van der Waals surface area contributed by atoms with E-state index in [0.717, 1.165) is 11.1 Å². The summed E-state index contributed by atoms with van der Waals surface area (Å²) >= 11 is 3.15. The number of fused-ring (bicyclic) bond motifs is 1. The van der Waals surface area contributed by atoms with Gasteiger partial charge in [0.15, 0.2) is 0 Å². The summed E-state index contributed by atoms with van der Waals surface area (Å²) in [7, 11) is 0. The average molecular weight is 274 g/mol. The third kappa shape index (κ3) is 1.89. The lowest BCUT2D eigenvalue weighted by molar-refractivity contribution is -0.139. The number of hydrogen-bond donors (Lipinski definition) is 2. The molecule has 0 unspecified atom stereocenters. The van der Waals surface area contributed by atoms with E-state index < -0.39 is 12.0 Å². The largest absolute Gasteiger partial charge is 0.480 e. The minimum atomic E-state index is -0.906. The lowest BCUT2D eigenvalue weighted by Gasteiger charge is -2.24. The first kappa shape index (κ1) is 10.6. The molecular formula is C10H9BrFNO2. The molecule has 0 saturated heterocycles. The van der Waals surface area contributed by atoms with Gasteiger partial charge in [0, 0.05) is 6.54 Å². The van der Waals surface area contributed by atoms with Gasteiger partial charge in [0.1, 0.15) is 11.9 Å². The topological polar surface area (TPSA) is 49.3 Å². The predicted octanol–water partition coefficient (Wildman–Crippen LogP) is 1.69. The van der Waals surface area contributed by atoms with Gasteiger partial charge in [0.05, 0.1) is 4.47 Å². The number of hydrogen-bond acceptors (Lipinski definition) is 2. The summed E-state index contributed by atoms with van der Waals surface area (Å²) in [5.74, 6) is -1.25. The van der Waals surface area contributed by atoms with Crippen LogP contribution in [0.5, 0.6) is 0 Å². The zero-order valence-electron chi connectivity index (χ0n) is 7.76. The van der Waals surface area contributed by atoms with Crippen LogP contribution in [0, 0.1) is 5.82 Å². The van der Waals surface area contributed by atoms with Crippen molar-refractivity contribution in [3.05, 3.63) is 33.5 Å². The Bertz CT molecular complexity index is 422. The van der Waals surface area contributed by atoms with Gasteiger partial charge in [-0.1, -0.05) is 6.07 Å². The van der Waals surface area contributed by atoms with Crippen molar-refractivity contribution in [1.82, 2.24) is 5.32 Å². The Balaban J connectivity index is 2.39. The van der Waals surface area contributed by atoms with Crippen LogP contribution in [0.4, 0.5) is 4.39 Å². The van der Waals surface area contributed by atoms with Gasteiger partial charge in [-0.15, -0.1) is 0 Å². The molecule has 2 N–H and O–H groups in total. The molecule has 5 heteroatoms. The molecule has 0 aromatic heterocycles. The highest BCUT2D eigenvalue weighted by molar-refractivity contribution is 9.10. The van der Waals surface area contributed by atoms with Crippen molar-refractivity contribution >= 4 is 21.9 Å². The molecule has 0 spiro atoms. The van der Waals surface area contributed by atoms with Crippen molar-refractivity contribution in [3.63, 3.8) is 0 Å². The van der Waals surface area contributed by atoms with Crippen LogP contribution in [0.1, 0.15) is 11.1 Å². The third-order valence-electron chi connectivity index (χ3n) is 2.54. The van der Waals surface area contributed by atoms with Gasteiger partial charge in [-0.25, -0.2) is 4.39 Å². The van der Waals surface area contributed by atoms with Gasteiger partial charge in [-0.2, -0.15) is 0 Å². The number of carboxylic acid groups (broad SMARTS) is 1. The molecule has 1 heterocycles. The molecule has 3 nitrogen and oxygen atoms in total. The Morgan fingerprint density at radius 3 is 3.00 bits per heavy atom. The second kappa shape index (κ2) is 3.90. The molecule has 1 aromatic carbocycles. The summed E-state index contributed by atoms with van der Waals surface area (Å²) in [5.41, 5.74) is 1.70. The zero-order chi connectivity index (χ0) is 11.0. The molecule has 0 fully saturated rings. The second-order valence-electron chi connectivity index (χ2n) is 3.47. The summed E-state index contributed by atoms with van der Waals surface area (Å²) in [6.45, 7) is 0.463. The highest BCUT2D eigenvalue weighted by Crippen LogP contribution is 2.27. The SMILES string of the molecule is O=C(O)[C@H]1Cc2c(ccc(F)c2Br)CN1. The molecular weight excluding hydrogens is 265 g/mol. The van der Waals surface area contributed by atoms with Crippen molar-refractivity contribution in [2.75, 3.05) is 0 Å². The maximum absolute atomic E-state index is 13.2. The van der Waals surface area contributed by atoms with Crippen molar-refractivity contribution in [2.24, 2.45) is 0 Å². The number of carbonyl (C=O) groups is 1. The van der Waals surface area contributed by atoms with Crippen molar-refractivity contribution in [2.45, 2.75) is 19.0 Å². The number of halogens is 2. The Labute approximate surface area is 94.4 Å². The fourth-order valence-electron chi connectivity index (χ4n) is 1.70. The molecule has 1 atom stereocenters. The number of nitrogens with one attached hydrogen (secondary N) is 1. The van der Waals surface area contributed by atoms with E-state index >= 15 is 0 Å². The first-order chi connectivity index (χ1) is 7.09. The molecule has 1 aliphatic rings. The molecule has 80 valence electrons.